The quantitative estimate of drug-likeness (QED) is 0.729. The zero-order chi connectivity index (χ0) is 9.97. The van der Waals surface area contributed by atoms with Gasteiger partial charge in [-0.3, -0.25) is 0 Å². The van der Waals surface area contributed by atoms with Crippen molar-refractivity contribution in [2.24, 2.45) is 0 Å². The minimum absolute atomic E-state index is 0.813. The Hall–Kier alpha value is -1.51. The van der Waals surface area contributed by atoms with Crippen molar-refractivity contribution in [3.8, 4) is 0 Å². The Morgan fingerprint density at radius 3 is 3.07 bits per heavy atom. The lowest BCUT2D eigenvalue weighted by molar-refractivity contribution is 0.798. The number of anilines is 1. The zero-order valence-electron chi connectivity index (χ0n) is 8.38. The molecule has 0 saturated heterocycles. The van der Waals surface area contributed by atoms with Gasteiger partial charge in [-0.15, -0.1) is 0 Å². The van der Waals surface area contributed by atoms with Crippen LogP contribution in [-0.2, 0) is 6.42 Å². The minimum atomic E-state index is 0.813. The van der Waals surface area contributed by atoms with Crippen LogP contribution in [0, 0.1) is 0 Å². The van der Waals surface area contributed by atoms with Crippen LogP contribution in [0.3, 0.4) is 0 Å². The van der Waals surface area contributed by atoms with E-state index in [0.29, 0.717) is 0 Å². The number of nitrogens with one attached hydrogen (secondary N) is 1. The SMILES string of the molecule is CCCCc1cc(N)cc2[nH]cnc12. The number of rotatable bonds is 3. The summed E-state index contributed by atoms with van der Waals surface area (Å²) in [6.45, 7) is 2.19. The summed E-state index contributed by atoms with van der Waals surface area (Å²) in [6.07, 6.45) is 5.16. The molecule has 0 aliphatic carbocycles. The van der Waals surface area contributed by atoms with E-state index in [1.165, 1.54) is 18.4 Å². The second-order valence-corrected chi connectivity index (χ2v) is 3.58. The van der Waals surface area contributed by atoms with Gasteiger partial charge in [0.25, 0.3) is 0 Å². The summed E-state index contributed by atoms with van der Waals surface area (Å²) in [5, 5.41) is 0. The molecule has 2 aromatic rings. The topological polar surface area (TPSA) is 54.7 Å². The highest BCUT2D eigenvalue weighted by atomic mass is 14.9. The minimum Gasteiger partial charge on any atom is -0.399 e. The van der Waals surface area contributed by atoms with E-state index in [2.05, 4.69) is 16.9 Å². The van der Waals surface area contributed by atoms with Crippen molar-refractivity contribution < 1.29 is 0 Å². The lowest BCUT2D eigenvalue weighted by Crippen LogP contribution is -1.91. The van der Waals surface area contributed by atoms with Crippen LogP contribution in [0.25, 0.3) is 11.0 Å². The van der Waals surface area contributed by atoms with Gasteiger partial charge >= 0.3 is 0 Å². The maximum atomic E-state index is 5.81. The van der Waals surface area contributed by atoms with Gasteiger partial charge in [-0.05, 0) is 30.5 Å². The average molecular weight is 189 g/mol. The van der Waals surface area contributed by atoms with E-state index in [1.54, 1.807) is 6.33 Å². The Balaban J connectivity index is 2.44. The van der Waals surface area contributed by atoms with E-state index in [-0.39, 0.29) is 0 Å². The van der Waals surface area contributed by atoms with Gasteiger partial charge in [0.15, 0.2) is 0 Å². The lowest BCUT2D eigenvalue weighted by atomic mass is 10.1. The molecular formula is C11H15N3. The van der Waals surface area contributed by atoms with E-state index in [4.69, 9.17) is 5.73 Å². The highest BCUT2D eigenvalue weighted by Gasteiger charge is 2.04. The molecule has 0 unspecified atom stereocenters. The standard InChI is InChI=1S/C11H15N3/c1-2-3-4-8-5-9(12)6-10-11(8)14-7-13-10/h5-7H,2-4,12H2,1H3,(H,13,14). The fourth-order valence-electron chi connectivity index (χ4n) is 1.71. The van der Waals surface area contributed by atoms with Crippen molar-refractivity contribution in [3.63, 3.8) is 0 Å². The third-order valence-corrected chi connectivity index (χ3v) is 2.42. The molecule has 3 heteroatoms. The smallest absolute Gasteiger partial charge is 0.0932 e. The number of unbranched alkanes of at least 4 members (excludes halogenated alkanes) is 1. The molecule has 74 valence electrons. The van der Waals surface area contributed by atoms with Gasteiger partial charge in [0.1, 0.15) is 0 Å². The third-order valence-electron chi connectivity index (χ3n) is 2.42. The number of fused-ring (bicyclic) bond motifs is 1. The summed E-state index contributed by atoms with van der Waals surface area (Å²) in [5.41, 5.74) is 9.97. The summed E-state index contributed by atoms with van der Waals surface area (Å²) in [7, 11) is 0. The first kappa shape index (κ1) is 9.06. The normalized spacial score (nSPS) is 10.9. The summed E-state index contributed by atoms with van der Waals surface area (Å²) < 4.78 is 0. The molecule has 2 rings (SSSR count). The maximum Gasteiger partial charge on any atom is 0.0932 e. The lowest BCUT2D eigenvalue weighted by Gasteiger charge is -2.02. The molecule has 1 aromatic carbocycles. The van der Waals surface area contributed by atoms with Crippen molar-refractivity contribution in [2.75, 3.05) is 5.73 Å². The van der Waals surface area contributed by atoms with Crippen LogP contribution in [0.1, 0.15) is 25.3 Å². The number of H-pyrrole nitrogens is 1. The van der Waals surface area contributed by atoms with Crippen LogP contribution in [0.2, 0.25) is 0 Å². The number of benzene rings is 1. The van der Waals surface area contributed by atoms with Crippen LogP contribution in [-0.4, -0.2) is 9.97 Å². The number of imidazole rings is 1. The van der Waals surface area contributed by atoms with E-state index in [9.17, 15) is 0 Å². The number of nitrogens with two attached hydrogens (primary N) is 1. The van der Waals surface area contributed by atoms with Gasteiger partial charge in [-0.1, -0.05) is 13.3 Å². The molecule has 14 heavy (non-hydrogen) atoms. The second kappa shape index (κ2) is 3.70. The highest BCUT2D eigenvalue weighted by molar-refractivity contribution is 5.82. The number of hydrogen-bond donors (Lipinski definition) is 2. The molecule has 1 heterocycles. The first-order chi connectivity index (χ1) is 6.81. The van der Waals surface area contributed by atoms with E-state index >= 15 is 0 Å². The molecule has 0 radical (unpaired) electrons. The Morgan fingerprint density at radius 1 is 1.43 bits per heavy atom. The number of aromatic nitrogens is 2. The molecule has 0 spiro atoms. The average Bonchev–Trinajstić information content (AvgIpc) is 2.61. The summed E-state index contributed by atoms with van der Waals surface area (Å²) in [5.74, 6) is 0. The molecule has 0 fully saturated rings. The van der Waals surface area contributed by atoms with Crippen LogP contribution < -0.4 is 5.73 Å². The molecule has 3 N–H and O–H groups in total. The molecule has 1 aromatic heterocycles. The van der Waals surface area contributed by atoms with Crippen molar-refractivity contribution in [3.05, 3.63) is 24.0 Å². The van der Waals surface area contributed by atoms with Crippen LogP contribution in [0.5, 0.6) is 0 Å². The fraction of sp³-hybridized carbons (Fsp3) is 0.364. The highest BCUT2D eigenvalue weighted by Crippen LogP contribution is 2.20. The number of nitrogen functional groups attached to an aromatic ring is 1. The molecule has 0 aliphatic heterocycles. The monoisotopic (exact) mass is 189 g/mol. The van der Waals surface area contributed by atoms with Gasteiger partial charge in [0.05, 0.1) is 17.4 Å². The van der Waals surface area contributed by atoms with Crippen molar-refractivity contribution in [1.29, 1.82) is 0 Å². The van der Waals surface area contributed by atoms with Gasteiger partial charge in [0.2, 0.25) is 0 Å². The predicted octanol–water partition coefficient (Wildman–Crippen LogP) is 2.49. The van der Waals surface area contributed by atoms with Crippen LogP contribution in [0.4, 0.5) is 5.69 Å². The summed E-state index contributed by atoms with van der Waals surface area (Å²) >= 11 is 0. The van der Waals surface area contributed by atoms with Gasteiger partial charge in [0, 0.05) is 5.69 Å². The zero-order valence-corrected chi connectivity index (χ0v) is 8.38. The van der Waals surface area contributed by atoms with E-state index in [0.717, 1.165) is 23.1 Å². The van der Waals surface area contributed by atoms with Gasteiger partial charge in [-0.2, -0.15) is 0 Å². The molecule has 0 atom stereocenters. The predicted molar refractivity (Wildman–Crippen MR) is 59.1 cm³/mol. The number of hydrogen-bond acceptors (Lipinski definition) is 2. The number of aryl methyl sites for hydroxylation is 1. The van der Waals surface area contributed by atoms with Crippen molar-refractivity contribution >= 4 is 16.7 Å². The Bertz CT molecular complexity index is 431. The Morgan fingerprint density at radius 2 is 2.29 bits per heavy atom. The Kier molecular flexibility index (Phi) is 2.39. The Labute approximate surface area is 83.3 Å². The van der Waals surface area contributed by atoms with E-state index < -0.39 is 0 Å². The van der Waals surface area contributed by atoms with Crippen molar-refractivity contribution in [2.45, 2.75) is 26.2 Å². The fourth-order valence-corrected chi connectivity index (χ4v) is 1.71. The second-order valence-electron chi connectivity index (χ2n) is 3.58. The first-order valence-corrected chi connectivity index (χ1v) is 5.02. The van der Waals surface area contributed by atoms with Crippen molar-refractivity contribution in [1.82, 2.24) is 9.97 Å². The first-order valence-electron chi connectivity index (χ1n) is 5.02. The molecule has 0 saturated carbocycles. The number of nitrogens with zero attached hydrogens (tertiary/aromatic N) is 1. The van der Waals surface area contributed by atoms with Crippen LogP contribution in [0.15, 0.2) is 18.5 Å². The number of aromatic amines is 1. The molecule has 0 bridgehead atoms. The molecule has 0 aliphatic rings. The van der Waals surface area contributed by atoms with Crippen LogP contribution >= 0.6 is 0 Å². The molecular weight excluding hydrogens is 174 g/mol. The summed E-state index contributed by atoms with van der Waals surface area (Å²) in [6, 6.07) is 3.95. The van der Waals surface area contributed by atoms with Gasteiger partial charge in [-0.25, -0.2) is 4.98 Å². The maximum absolute atomic E-state index is 5.81. The third kappa shape index (κ3) is 1.58. The van der Waals surface area contributed by atoms with Gasteiger partial charge < -0.3 is 10.7 Å². The largest absolute Gasteiger partial charge is 0.399 e. The molecule has 3 nitrogen and oxygen atoms in total. The van der Waals surface area contributed by atoms with E-state index in [1.807, 2.05) is 12.1 Å². The molecule has 0 amide bonds. The summed E-state index contributed by atoms with van der Waals surface area (Å²) in [4.78, 5) is 7.39.